The van der Waals surface area contributed by atoms with Crippen molar-refractivity contribution in [3.63, 3.8) is 0 Å². The molecule has 2 heterocycles. The zero-order valence-electron chi connectivity index (χ0n) is 11.1. The molecule has 0 radical (unpaired) electrons. The van der Waals surface area contributed by atoms with Crippen LogP contribution in [0.1, 0.15) is 30.9 Å². The van der Waals surface area contributed by atoms with E-state index in [0.29, 0.717) is 26.2 Å². The van der Waals surface area contributed by atoms with Gasteiger partial charge in [-0.2, -0.15) is 0 Å². The molecule has 5 heteroatoms. The standard InChI is InChI=1S/C15H17BrO4/c16-11-1-2-13-12(9-11)14(5-8-19-13)20-15(17)10-3-6-18-7-4-10/h1-2,9-10,14H,3-8H2/t14-/m0/s1. The van der Waals surface area contributed by atoms with Crippen molar-refractivity contribution in [1.82, 2.24) is 0 Å². The lowest BCUT2D eigenvalue weighted by atomic mass is 9.99. The molecule has 1 atom stereocenters. The van der Waals surface area contributed by atoms with Crippen molar-refractivity contribution < 1.29 is 19.0 Å². The highest BCUT2D eigenvalue weighted by Gasteiger charge is 2.29. The number of esters is 1. The Labute approximate surface area is 126 Å². The smallest absolute Gasteiger partial charge is 0.309 e. The van der Waals surface area contributed by atoms with Crippen LogP contribution in [0.25, 0.3) is 0 Å². The van der Waals surface area contributed by atoms with E-state index in [4.69, 9.17) is 14.2 Å². The van der Waals surface area contributed by atoms with Gasteiger partial charge < -0.3 is 14.2 Å². The Morgan fingerprint density at radius 2 is 2.00 bits per heavy atom. The predicted molar refractivity (Wildman–Crippen MR) is 76.6 cm³/mol. The van der Waals surface area contributed by atoms with Gasteiger partial charge in [0.2, 0.25) is 0 Å². The van der Waals surface area contributed by atoms with E-state index in [1.54, 1.807) is 0 Å². The van der Waals surface area contributed by atoms with Gasteiger partial charge in [-0.05, 0) is 31.0 Å². The zero-order valence-corrected chi connectivity index (χ0v) is 12.7. The largest absolute Gasteiger partial charge is 0.493 e. The minimum atomic E-state index is -0.202. The molecule has 3 rings (SSSR count). The Bertz CT molecular complexity index is 497. The molecule has 0 unspecified atom stereocenters. The zero-order chi connectivity index (χ0) is 13.9. The minimum Gasteiger partial charge on any atom is -0.493 e. The molecule has 2 aliphatic heterocycles. The number of fused-ring (bicyclic) bond motifs is 1. The third kappa shape index (κ3) is 2.99. The first-order chi connectivity index (χ1) is 9.74. The number of halogens is 1. The van der Waals surface area contributed by atoms with Crippen LogP contribution in [0.2, 0.25) is 0 Å². The van der Waals surface area contributed by atoms with Crippen molar-refractivity contribution in [3.05, 3.63) is 28.2 Å². The average Bonchev–Trinajstić information content (AvgIpc) is 2.49. The van der Waals surface area contributed by atoms with Crippen LogP contribution in [0.3, 0.4) is 0 Å². The van der Waals surface area contributed by atoms with Crippen LogP contribution in [-0.4, -0.2) is 25.8 Å². The molecule has 108 valence electrons. The molecule has 0 aromatic heterocycles. The summed E-state index contributed by atoms with van der Waals surface area (Å²) >= 11 is 3.45. The first kappa shape index (κ1) is 13.9. The van der Waals surface area contributed by atoms with E-state index in [9.17, 15) is 4.79 Å². The van der Waals surface area contributed by atoms with E-state index >= 15 is 0 Å². The molecule has 0 N–H and O–H groups in total. The fourth-order valence-electron chi connectivity index (χ4n) is 2.63. The number of rotatable bonds is 2. The second-order valence-electron chi connectivity index (χ2n) is 5.13. The number of hydrogen-bond acceptors (Lipinski definition) is 4. The molecule has 0 saturated carbocycles. The van der Waals surface area contributed by atoms with Gasteiger partial charge in [-0.15, -0.1) is 0 Å². The second kappa shape index (κ2) is 6.14. The SMILES string of the molecule is O=C(O[C@H]1CCOc2ccc(Br)cc21)C1CCOCC1. The fourth-order valence-corrected chi connectivity index (χ4v) is 3.00. The van der Waals surface area contributed by atoms with Gasteiger partial charge in [0, 0.05) is 29.7 Å². The number of benzene rings is 1. The fraction of sp³-hybridized carbons (Fsp3) is 0.533. The average molecular weight is 341 g/mol. The van der Waals surface area contributed by atoms with Gasteiger partial charge in [0.1, 0.15) is 11.9 Å². The van der Waals surface area contributed by atoms with Crippen molar-refractivity contribution in [2.24, 2.45) is 5.92 Å². The highest BCUT2D eigenvalue weighted by molar-refractivity contribution is 9.10. The summed E-state index contributed by atoms with van der Waals surface area (Å²) in [5.41, 5.74) is 0.950. The summed E-state index contributed by atoms with van der Waals surface area (Å²) in [7, 11) is 0. The topological polar surface area (TPSA) is 44.8 Å². The molecule has 0 aliphatic carbocycles. The van der Waals surface area contributed by atoms with Gasteiger partial charge in [0.15, 0.2) is 0 Å². The summed E-state index contributed by atoms with van der Waals surface area (Å²) in [6, 6.07) is 5.81. The highest BCUT2D eigenvalue weighted by Crippen LogP contribution is 2.37. The summed E-state index contributed by atoms with van der Waals surface area (Å²) < 4.78 is 17.6. The Kier molecular flexibility index (Phi) is 4.27. The number of carbonyl (C=O) groups is 1. The monoisotopic (exact) mass is 340 g/mol. The van der Waals surface area contributed by atoms with E-state index < -0.39 is 0 Å². The first-order valence-corrected chi connectivity index (χ1v) is 7.74. The van der Waals surface area contributed by atoms with Crippen molar-refractivity contribution >= 4 is 21.9 Å². The molecular formula is C15H17BrO4. The normalized spacial score (nSPS) is 22.8. The van der Waals surface area contributed by atoms with Crippen LogP contribution in [0.4, 0.5) is 0 Å². The third-order valence-corrected chi connectivity index (χ3v) is 4.26. The summed E-state index contributed by atoms with van der Waals surface area (Å²) in [4.78, 5) is 12.2. The van der Waals surface area contributed by atoms with E-state index in [-0.39, 0.29) is 18.0 Å². The van der Waals surface area contributed by atoms with Crippen LogP contribution in [0.5, 0.6) is 5.75 Å². The summed E-state index contributed by atoms with van der Waals surface area (Å²) in [5.74, 6) is 0.678. The van der Waals surface area contributed by atoms with Crippen LogP contribution < -0.4 is 4.74 Å². The van der Waals surface area contributed by atoms with E-state index in [1.807, 2.05) is 18.2 Å². The maximum Gasteiger partial charge on any atom is 0.309 e. The molecule has 1 fully saturated rings. The Morgan fingerprint density at radius 1 is 1.20 bits per heavy atom. The molecule has 0 spiro atoms. The van der Waals surface area contributed by atoms with Crippen molar-refractivity contribution in [2.45, 2.75) is 25.4 Å². The summed E-state index contributed by atoms with van der Waals surface area (Å²) in [5, 5.41) is 0. The van der Waals surface area contributed by atoms with Crippen molar-refractivity contribution in [1.29, 1.82) is 0 Å². The molecule has 1 saturated heterocycles. The van der Waals surface area contributed by atoms with Crippen LogP contribution in [-0.2, 0) is 14.3 Å². The van der Waals surface area contributed by atoms with Crippen LogP contribution in [0.15, 0.2) is 22.7 Å². The molecule has 1 aromatic rings. The first-order valence-electron chi connectivity index (χ1n) is 6.94. The molecule has 4 nitrogen and oxygen atoms in total. The lowest BCUT2D eigenvalue weighted by Gasteiger charge is -2.28. The summed E-state index contributed by atoms with van der Waals surface area (Å²) in [6.45, 7) is 1.88. The van der Waals surface area contributed by atoms with Gasteiger partial charge in [-0.25, -0.2) is 0 Å². The number of hydrogen-bond donors (Lipinski definition) is 0. The Morgan fingerprint density at radius 3 is 2.80 bits per heavy atom. The van der Waals surface area contributed by atoms with Crippen molar-refractivity contribution in [3.8, 4) is 5.75 Å². The molecule has 20 heavy (non-hydrogen) atoms. The highest BCUT2D eigenvalue weighted by atomic mass is 79.9. The number of carbonyl (C=O) groups excluding carboxylic acids is 1. The molecular weight excluding hydrogens is 324 g/mol. The predicted octanol–water partition coefficient (Wildman–Crippen LogP) is 3.24. The number of ether oxygens (including phenoxy) is 3. The molecule has 1 aromatic carbocycles. The molecule has 2 aliphatic rings. The van der Waals surface area contributed by atoms with Gasteiger partial charge in [-0.3, -0.25) is 4.79 Å². The van der Waals surface area contributed by atoms with Crippen LogP contribution in [0, 0.1) is 5.92 Å². The second-order valence-corrected chi connectivity index (χ2v) is 6.05. The lowest BCUT2D eigenvalue weighted by molar-refractivity contribution is -0.159. The van der Waals surface area contributed by atoms with Crippen molar-refractivity contribution in [2.75, 3.05) is 19.8 Å². The Balaban J connectivity index is 1.72. The van der Waals surface area contributed by atoms with Gasteiger partial charge in [0.05, 0.1) is 12.5 Å². The maximum atomic E-state index is 12.2. The van der Waals surface area contributed by atoms with Gasteiger partial charge >= 0.3 is 5.97 Å². The lowest BCUT2D eigenvalue weighted by Crippen LogP contribution is -2.28. The minimum absolute atomic E-state index is 0.0257. The third-order valence-electron chi connectivity index (χ3n) is 3.77. The van der Waals surface area contributed by atoms with E-state index in [0.717, 1.165) is 28.6 Å². The molecule has 0 amide bonds. The summed E-state index contributed by atoms with van der Waals surface area (Å²) in [6.07, 6.45) is 2.02. The van der Waals surface area contributed by atoms with Gasteiger partial charge in [0.25, 0.3) is 0 Å². The maximum absolute atomic E-state index is 12.2. The molecule has 0 bridgehead atoms. The van der Waals surface area contributed by atoms with E-state index in [2.05, 4.69) is 15.9 Å². The van der Waals surface area contributed by atoms with E-state index in [1.165, 1.54) is 0 Å². The quantitative estimate of drug-likeness (QED) is 0.775. The Hall–Kier alpha value is -1.07. The van der Waals surface area contributed by atoms with Gasteiger partial charge in [-0.1, -0.05) is 15.9 Å². The van der Waals surface area contributed by atoms with Crippen LogP contribution >= 0.6 is 15.9 Å².